The largest absolute Gasteiger partial charge is 0.468 e. The molecule has 1 atom stereocenters. The summed E-state index contributed by atoms with van der Waals surface area (Å²) >= 11 is 8.25. The van der Waals surface area contributed by atoms with Crippen LogP contribution in [-0.4, -0.2) is 54.1 Å². The van der Waals surface area contributed by atoms with Gasteiger partial charge >= 0.3 is 5.97 Å². The van der Waals surface area contributed by atoms with Crippen molar-refractivity contribution < 1.29 is 9.53 Å². The minimum atomic E-state index is -0.501. The quantitative estimate of drug-likeness (QED) is 0.549. The van der Waals surface area contributed by atoms with Crippen LogP contribution in [0.5, 0.6) is 0 Å². The monoisotopic (exact) mass is 456 g/mol. The van der Waals surface area contributed by atoms with E-state index >= 15 is 0 Å². The van der Waals surface area contributed by atoms with Gasteiger partial charge in [0, 0.05) is 36.1 Å². The Kier molecular flexibility index (Phi) is 5.58. The molecule has 2 aromatic heterocycles. The molecule has 1 aromatic carbocycles. The van der Waals surface area contributed by atoms with Crippen LogP contribution in [0, 0.1) is 6.92 Å². The topological polar surface area (TPSA) is 58.6 Å². The third-order valence-corrected chi connectivity index (χ3v) is 7.79. The molecular formula is C23H25ClN4O2S. The maximum Gasteiger partial charge on any atom is 0.327 e. The van der Waals surface area contributed by atoms with Crippen molar-refractivity contribution >= 4 is 44.9 Å². The minimum Gasteiger partial charge on any atom is -0.468 e. The highest BCUT2D eigenvalue weighted by molar-refractivity contribution is 7.19. The number of fused-ring (bicyclic) bond motifs is 3. The zero-order chi connectivity index (χ0) is 21.5. The van der Waals surface area contributed by atoms with Gasteiger partial charge in [-0.05, 0) is 43.4 Å². The summed E-state index contributed by atoms with van der Waals surface area (Å²) in [5.41, 5.74) is 2.24. The van der Waals surface area contributed by atoms with E-state index in [-0.39, 0.29) is 5.97 Å². The van der Waals surface area contributed by atoms with E-state index in [1.54, 1.807) is 0 Å². The molecule has 3 aromatic rings. The number of benzene rings is 1. The number of thiophene rings is 1. The molecule has 8 heteroatoms. The van der Waals surface area contributed by atoms with Crippen LogP contribution in [0.3, 0.4) is 0 Å². The lowest BCUT2D eigenvalue weighted by Crippen LogP contribution is -2.50. The predicted octanol–water partition coefficient (Wildman–Crippen LogP) is 4.18. The van der Waals surface area contributed by atoms with Crippen LogP contribution in [0.25, 0.3) is 10.2 Å². The van der Waals surface area contributed by atoms with Crippen LogP contribution >= 0.6 is 22.9 Å². The summed E-state index contributed by atoms with van der Waals surface area (Å²) in [5.74, 6) is 1.58. The van der Waals surface area contributed by atoms with Crippen molar-refractivity contribution in [2.75, 3.05) is 38.2 Å². The Bertz CT molecular complexity index is 1140. The van der Waals surface area contributed by atoms with Crippen molar-refractivity contribution in [1.82, 2.24) is 14.9 Å². The second-order valence-corrected chi connectivity index (χ2v) is 9.59. The fraction of sp³-hybridized carbons (Fsp3) is 0.435. The first-order valence-corrected chi connectivity index (χ1v) is 11.9. The molecule has 0 saturated carbocycles. The highest BCUT2D eigenvalue weighted by atomic mass is 35.5. The number of carbonyl (C=O) groups is 1. The van der Waals surface area contributed by atoms with Gasteiger partial charge in [-0.3, -0.25) is 4.90 Å². The van der Waals surface area contributed by atoms with Crippen LogP contribution in [0.1, 0.15) is 34.3 Å². The number of halogens is 1. The molecule has 162 valence electrons. The average molecular weight is 457 g/mol. The molecule has 1 fully saturated rings. The van der Waals surface area contributed by atoms with Gasteiger partial charge in [-0.25, -0.2) is 14.8 Å². The van der Waals surface area contributed by atoms with Crippen LogP contribution < -0.4 is 4.90 Å². The first kappa shape index (κ1) is 20.7. The van der Waals surface area contributed by atoms with Crippen LogP contribution in [0.2, 0.25) is 5.02 Å². The van der Waals surface area contributed by atoms with Gasteiger partial charge < -0.3 is 9.64 Å². The molecule has 31 heavy (non-hydrogen) atoms. The summed E-state index contributed by atoms with van der Waals surface area (Å²) in [6.07, 6.45) is 3.49. The molecule has 3 heterocycles. The molecule has 0 radical (unpaired) electrons. The van der Waals surface area contributed by atoms with E-state index in [4.69, 9.17) is 26.3 Å². The lowest BCUT2D eigenvalue weighted by molar-refractivity contribution is -0.147. The van der Waals surface area contributed by atoms with Gasteiger partial charge in [0.1, 0.15) is 22.5 Å². The van der Waals surface area contributed by atoms with Gasteiger partial charge in [0.15, 0.2) is 0 Å². The number of ether oxygens (including phenoxy) is 1. The van der Waals surface area contributed by atoms with Crippen LogP contribution in [0.15, 0.2) is 24.3 Å². The van der Waals surface area contributed by atoms with Crippen molar-refractivity contribution in [3.63, 3.8) is 0 Å². The maximum atomic E-state index is 12.7. The molecule has 1 aliphatic heterocycles. The highest BCUT2D eigenvalue weighted by Crippen LogP contribution is 2.41. The summed E-state index contributed by atoms with van der Waals surface area (Å²) < 4.78 is 5.13. The number of nitrogens with zero attached hydrogens (tertiary/aromatic N) is 4. The molecule has 6 nitrogen and oxygen atoms in total. The molecule has 1 aliphatic carbocycles. The summed E-state index contributed by atoms with van der Waals surface area (Å²) in [7, 11) is 1.43. The Balaban J connectivity index is 1.43. The van der Waals surface area contributed by atoms with Gasteiger partial charge in [0.25, 0.3) is 0 Å². The second kappa shape index (κ2) is 8.37. The predicted molar refractivity (Wildman–Crippen MR) is 124 cm³/mol. The van der Waals surface area contributed by atoms with E-state index < -0.39 is 6.04 Å². The number of piperazine rings is 1. The summed E-state index contributed by atoms with van der Waals surface area (Å²) in [5, 5.41) is 1.83. The van der Waals surface area contributed by atoms with Crippen molar-refractivity contribution in [2.24, 2.45) is 0 Å². The van der Waals surface area contributed by atoms with Gasteiger partial charge in [-0.1, -0.05) is 29.8 Å². The van der Waals surface area contributed by atoms with E-state index in [1.807, 2.05) is 42.5 Å². The number of esters is 1. The third-order valence-electron chi connectivity index (χ3n) is 6.26. The number of aryl methyl sites for hydroxylation is 3. The van der Waals surface area contributed by atoms with Gasteiger partial charge in [-0.2, -0.15) is 0 Å². The molecule has 0 amide bonds. The third kappa shape index (κ3) is 3.69. The number of methoxy groups -OCH3 is 1. The van der Waals surface area contributed by atoms with Gasteiger partial charge in [0.2, 0.25) is 0 Å². The number of carbonyl (C=O) groups excluding carboxylic acids is 1. The first-order valence-electron chi connectivity index (χ1n) is 10.7. The summed E-state index contributed by atoms with van der Waals surface area (Å²) in [6.45, 7) is 4.99. The van der Waals surface area contributed by atoms with Crippen molar-refractivity contribution in [2.45, 2.75) is 32.2 Å². The Hall–Kier alpha value is -2.22. The number of hydrogen-bond donors (Lipinski definition) is 0. The summed E-state index contributed by atoms with van der Waals surface area (Å²) in [4.78, 5) is 29.3. The number of aromatic nitrogens is 2. The second-order valence-electron chi connectivity index (χ2n) is 8.10. The van der Waals surface area contributed by atoms with E-state index in [0.717, 1.165) is 61.1 Å². The van der Waals surface area contributed by atoms with E-state index in [9.17, 15) is 4.79 Å². The molecule has 2 aliphatic rings. The van der Waals surface area contributed by atoms with E-state index in [2.05, 4.69) is 9.80 Å². The van der Waals surface area contributed by atoms with E-state index in [0.29, 0.717) is 5.02 Å². The zero-order valence-corrected chi connectivity index (χ0v) is 19.3. The average Bonchev–Trinajstić information content (AvgIpc) is 3.36. The maximum absolute atomic E-state index is 12.7. The van der Waals surface area contributed by atoms with Crippen LogP contribution in [0.4, 0.5) is 5.82 Å². The van der Waals surface area contributed by atoms with Crippen LogP contribution in [-0.2, 0) is 22.4 Å². The molecule has 1 unspecified atom stereocenters. The number of rotatable bonds is 4. The zero-order valence-electron chi connectivity index (χ0n) is 17.7. The molecule has 5 rings (SSSR count). The Morgan fingerprint density at radius 2 is 1.94 bits per heavy atom. The van der Waals surface area contributed by atoms with Gasteiger partial charge in [0.05, 0.1) is 12.5 Å². The van der Waals surface area contributed by atoms with Crippen molar-refractivity contribution in [3.8, 4) is 0 Å². The van der Waals surface area contributed by atoms with Crippen molar-refractivity contribution in [3.05, 3.63) is 51.1 Å². The molecular weight excluding hydrogens is 432 g/mol. The van der Waals surface area contributed by atoms with Crippen molar-refractivity contribution in [1.29, 1.82) is 0 Å². The Labute approximate surface area is 190 Å². The number of hydrogen-bond acceptors (Lipinski definition) is 7. The molecule has 1 saturated heterocycles. The lowest BCUT2D eigenvalue weighted by atomic mass is 10.0. The molecule has 0 spiro atoms. The first-order chi connectivity index (χ1) is 15.1. The SMILES string of the molecule is COC(=O)C(c1ccccc1Cl)N1CCN(c2nc(C)nc3sc4c(c23)CCC4)CC1. The fourth-order valence-electron chi connectivity index (χ4n) is 4.78. The Morgan fingerprint density at radius 3 is 2.68 bits per heavy atom. The van der Waals surface area contributed by atoms with E-state index in [1.165, 1.54) is 29.4 Å². The molecule has 0 N–H and O–H groups in total. The number of anilines is 1. The van der Waals surface area contributed by atoms with Gasteiger partial charge in [-0.15, -0.1) is 11.3 Å². The minimum absolute atomic E-state index is 0.280. The standard InChI is InChI=1S/C23H25ClN4O2S/c1-14-25-21(19-16-7-5-9-18(16)31-22(19)26-14)28-12-10-27(11-13-28)20(23(29)30-2)15-6-3-4-8-17(15)24/h3-4,6,8,20H,5,7,9-13H2,1-2H3. The highest BCUT2D eigenvalue weighted by Gasteiger charge is 2.34. The smallest absolute Gasteiger partial charge is 0.327 e. The normalized spacial score (nSPS) is 17.7. The fourth-order valence-corrected chi connectivity index (χ4v) is 6.32. The summed E-state index contributed by atoms with van der Waals surface area (Å²) in [6, 6.07) is 7.01. The molecule has 0 bridgehead atoms. The lowest BCUT2D eigenvalue weighted by Gasteiger charge is -2.39. The Morgan fingerprint density at radius 1 is 1.16 bits per heavy atom.